The van der Waals surface area contributed by atoms with Gasteiger partial charge in [-0.3, -0.25) is 4.90 Å². The quantitative estimate of drug-likeness (QED) is 0.889. The molecule has 2 heterocycles. The first kappa shape index (κ1) is 17.2. The van der Waals surface area contributed by atoms with E-state index in [0.717, 1.165) is 45.3 Å². The molecule has 5 heteroatoms. The van der Waals surface area contributed by atoms with Crippen LogP contribution in [0.2, 0.25) is 0 Å². The maximum atomic E-state index is 12.5. The highest BCUT2D eigenvalue weighted by Gasteiger charge is 2.31. The third kappa shape index (κ3) is 4.08. The van der Waals surface area contributed by atoms with Crippen LogP contribution in [0.4, 0.5) is 4.79 Å². The van der Waals surface area contributed by atoms with Crippen molar-refractivity contribution in [1.82, 2.24) is 15.1 Å². The van der Waals surface area contributed by atoms with Crippen molar-refractivity contribution in [1.29, 1.82) is 0 Å². The van der Waals surface area contributed by atoms with Crippen LogP contribution in [0.3, 0.4) is 0 Å². The predicted octanol–water partition coefficient (Wildman–Crippen LogP) is 2.21. The van der Waals surface area contributed by atoms with Crippen LogP contribution in [0.25, 0.3) is 0 Å². The standard InChI is InChI=1S/C19H29N3O2/c1-15-12-17(20-19(24)22-10-5-8-18(22)14-23)9-11-21(15)13-16-6-3-2-4-7-16/h2-4,6-7,15,17-18,23H,5,8-14H2,1H3,(H,20,24)/t15?,17?,18-/m1/s1. The second kappa shape index (κ2) is 7.99. The fourth-order valence-corrected chi connectivity index (χ4v) is 3.96. The van der Waals surface area contributed by atoms with Crippen molar-refractivity contribution in [2.45, 2.75) is 57.3 Å². The van der Waals surface area contributed by atoms with Gasteiger partial charge in [0.05, 0.1) is 12.6 Å². The van der Waals surface area contributed by atoms with Crippen LogP contribution >= 0.6 is 0 Å². The number of nitrogens with zero attached hydrogens (tertiary/aromatic N) is 2. The van der Waals surface area contributed by atoms with Gasteiger partial charge in [-0.25, -0.2) is 4.79 Å². The molecular weight excluding hydrogens is 302 g/mol. The fraction of sp³-hybridized carbons (Fsp3) is 0.632. The molecule has 0 spiro atoms. The molecule has 1 aromatic rings. The van der Waals surface area contributed by atoms with E-state index in [9.17, 15) is 9.90 Å². The molecule has 0 bridgehead atoms. The Morgan fingerprint density at radius 3 is 2.75 bits per heavy atom. The van der Waals surface area contributed by atoms with Crippen molar-refractivity contribution < 1.29 is 9.90 Å². The molecule has 2 amide bonds. The van der Waals surface area contributed by atoms with Gasteiger partial charge in [0.15, 0.2) is 0 Å². The van der Waals surface area contributed by atoms with Gasteiger partial charge < -0.3 is 15.3 Å². The van der Waals surface area contributed by atoms with Crippen LogP contribution in [-0.4, -0.2) is 58.8 Å². The molecule has 132 valence electrons. The van der Waals surface area contributed by atoms with Gasteiger partial charge in [0.25, 0.3) is 0 Å². The van der Waals surface area contributed by atoms with Gasteiger partial charge in [0, 0.05) is 31.7 Å². The van der Waals surface area contributed by atoms with Gasteiger partial charge >= 0.3 is 6.03 Å². The summed E-state index contributed by atoms with van der Waals surface area (Å²) in [5.41, 5.74) is 1.34. The molecule has 0 aliphatic carbocycles. The Bertz CT molecular complexity index is 537. The molecule has 2 aliphatic heterocycles. The number of rotatable bonds is 4. The molecule has 5 nitrogen and oxygen atoms in total. The Labute approximate surface area is 144 Å². The number of carbonyl (C=O) groups excluding carboxylic acids is 1. The van der Waals surface area contributed by atoms with Crippen LogP contribution in [0, 0.1) is 0 Å². The lowest BCUT2D eigenvalue weighted by atomic mass is 9.97. The summed E-state index contributed by atoms with van der Waals surface area (Å²) in [7, 11) is 0. The summed E-state index contributed by atoms with van der Waals surface area (Å²) >= 11 is 0. The molecule has 2 unspecified atom stereocenters. The Hall–Kier alpha value is -1.59. The molecule has 1 aromatic carbocycles. The van der Waals surface area contributed by atoms with E-state index in [1.54, 1.807) is 4.90 Å². The second-order valence-corrected chi connectivity index (χ2v) is 7.15. The van der Waals surface area contributed by atoms with Crippen LogP contribution in [0.1, 0.15) is 38.2 Å². The van der Waals surface area contributed by atoms with E-state index < -0.39 is 0 Å². The van der Waals surface area contributed by atoms with Crippen molar-refractivity contribution in [3.63, 3.8) is 0 Å². The maximum Gasteiger partial charge on any atom is 0.317 e. The lowest BCUT2D eigenvalue weighted by Crippen LogP contribution is -2.52. The van der Waals surface area contributed by atoms with Gasteiger partial charge in [-0.05, 0) is 38.2 Å². The van der Waals surface area contributed by atoms with Crippen molar-refractivity contribution >= 4 is 6.03 Å². The van der Waals surface area contributed by atoms with Gasteiger partial charge in [0.1, 0.15) is 0 Å². The van der Waals surface area contributed by atoms with Crippen molar-refractivity contribution in [3.05, 3.63) is 35.9 Å². The SMILES string of the molecule is CC1CC(NC(=O)N2CCC[C@@H]2CO)CCN1Cc1ccccc1. The van der Waals surface area contributed by atoms with E-state index in [1.165, 1.54) is 5.56 Å². The van der Waals surface area contributed by atoms with Crippen molar-refractivity contribution in [3.8, 4) is 0 Å². The average molecular weight is 331 g/mol. The normalized spacial score (nSPS) is 28.1. The summed E-state index contributed by atoms with van der Waals surface area (Å²) in [5.74, 6) is 0. The number of benzene rings is 1. The van der Waals surface area contributed by atoms with Crippen LogP contribution in [-0.2, 0) is 6.54 Å². The van der Waals surface area contributed by atoms with Gasteiger partial charge in [-0.2, -0.15) is 0 Å². The number of hydrogen-bond acceptors (Lipinski definition) is 3. The topological polar surface area (TPSA) is 55.8 Å². The third-order valence-electron chi connectivity index (χ3n) is 5.42. The first-order chi connectivity index (χ1) is 11.7. The molecule has 2 N–H and O–H groups in total. The number of piperidine rings is 1. The highest BCUT2D eigenvalue weighted by atomic mass is 16.3. The Morgan fingerprint density at radius 1 is 1.25 bits per heavy atom. The van der Waals surface area contributed by atoms with Gasteiger partial charge in [0.2, 0.25) is 0 Å². The zero-order chi connectivity index (χ0) is 16.9. The summed E-state index contributed by atoms with van der Waals surface area (Å²) in [4.78, 5) is 16.7. The highest BCUT2D eigenvalue weighted by Crippen LogP contribution is 2.21. The minimum Gasteiger partial charge on any atom is -0.394 e. The van der Waals surface area contributed by atoms with Gasteiger partial charge in [-0.1, -0.05) is 30.3 Å². The van der Waals surface area contributed by atoms with E-state index in [4.69, 9.17) is 0 Å². The lowest BCUT2D eigenvalue weighted by molar-refractivity contribution is 0.119. The van der Waals surface area contributed by atoms with E-state index in [2.05, 4.69) is 41.4 Å². The average Bonchev–Trinajstić information content (AvgIpc) is 3.07. The number of urea groups is 1. The summed E-state index contributed by atoms with van der Waals surface area (Å²) < 4.78 is 0. The number of aliphatic hydroxyl groups is 1. The van der Waals surface area contributed by atoms with E-state index in [0.29, 0.717) is 6.04 Å². The second-order valence-electron chi connectivity index (χ2n) is 7.15. The minimum absolute atomic E-state index is 0.000240. The number of carbonyl (C=O) groups is 1. The summed E-state index contributed by atoms with van der Waals surface area (Å²) in [5, 5.41) is 12.6. The number of hydrogen-bond donors (Lipinski definition) is 2. The first-order valence-electron chi connectivity index (χ1n) is 9.13. The predicted molar refractivity (Wildman–Crippen MR) is 94.7 cm³/mol. The lowest BCUT2D eigenvalue weighted by Gasteiger charge is -2.38. The Kier molecular flexibility index (Phi) is 5.74. The van der Waals surface area contributed by atoms with Crippen molar-refractivity contribution in [2.75, 3.05) is 19.7 Å². The van der Waals surface area contributed by atoms with Crippen LogP contribution in [0.15, 0.2) is 30.3 Å². The number of aliphatic hydroxyl groups excluding tert-OH is 1. The Morgan fingerprint density at radius 2 is 2.04 bits per heavy atom. The molecular formula is C19H29N3O2. The zero-order valence-corrected chi connectivity index (χ0v) is 14.5. The summed E-state index contributed by atoms with van der Waals surface area (Å²) in [6.45, 7) is 5.05. The third-order valence-corrected chi connectivity index (χ3v) is 5.42. The monoisotopic (exact) mass is 331 g/mol. The molecule has 3 atom stereocenters. The maximum absolute atomic E-state index is 12.5. The minimum atomic E-state index is 0.000240. The molecule has 0 radical (unpaired) electrons. The molecule has 2 saturated heterocycles. The molecule has 2 aliphatic rings. The first-order valence-corrected chi connectivity index (χ1v) is 9.13. The van der Waals surface area contributed by atoms with E-state index in [1.807, 2.05) is 6.07 Å². The van der Waals surface area contributed by atoms with E-state index >= 15 is 0 Å². The smallest absolute Gasteiger partial charge is 0.317 e. The number of likely N-dealkylation sites (tertiary alicyclic amines) is 2. The molecule has 24 heavy (non-hydrogen) atoms. The number of amides is 2. The molecule has 3 rings (SSSR count). The molecule has 2 fully saturated rings. The van der Waals surface area contributed by atoms with Crippen molar-refractivity contribution in [2.24, 2.45) is 0 Å². The number of nitrogens with one attached hydrogen (secondary N) is 1. The summed E-state index contributed by atoms with van der Waals surface area (Å²) in [6.07, 6.45) is 3.87. The van der Waals surface area contributed by atoms with Gasteiger partial charge in [-0.15, -0.1) is 0 Å². The Balaban J connectivity index is 1.49. The molecule has 0 aromatic heterocycles. The van der Waals surface area contributed by atoms with E-state index in [-0.39, 0.29) is 24.7 Å². The summed E-state index contributed by atoms with van der Waals surface area (Å²) in [6, 6.07) is 11.2. The highest BCUT2D eigenvalue weighted by molar-refractivity contribution is 5.75. The fourth-order valence-electron chi connectivity index (χ4n) is 3.96. The zero-order valence-electron chi connectivity index (χ0n) is 14.5. The largest absolute Gasteiger partial charge is 0.394 e. The van der Waals surface area contributed by atoms with Crippen LogP contribution < -0.4 is 5.32 Å². The van der Waals surface area contributed by atoms with Crippen LogP contribution in [0.5, 0.6) is 0 Å². The molecule has 0 saturated carbocycles.